The Morgan fingerprint density at radius 2 is 2.10 bits per heavy atom. The van der Waals surface area contributed by atoms with E-state index < -0.39 is 10.0 Å². The number of aliphatic imine (C=N–C) groups is 1. The second kappa shape index (κ2) is 11.8. The predicted octanol–water partition coefficient (Wildman–Crippen LogP) is 1.40. The monoisotopic (exact) mass is 422 g/mol. The Labute approximate surface area is 175 Å². The van der Waals surface area contributed by atoms with Crippen molar-refractivity contribution in [2.24, 2.45) is 4.99 Å². The molecule has 1 saturated heterocycles. The van der Waals surface area contributed by atoms with Crippen molar-refractivity contribution >= 4 is 21.8 Å². The van der Waals surface area contributed by atoms with Gasteiger partial charge in [0.15, 0.2) is 5.96 Å². The molecule has 0 atom stereocenters. The summed E-state index contributed by atoms with van der Waals surface area (Å²) in [5.41, 5.74) is 0. The number of rotatable bonds is 10. The molecule has 0 aromatic carbocycles. The Balaban J connectivity index is 1.86. The van der Waals surface area contributed by atoms with Crippen molar-refractivity contribution in [2.75, 3.05) is 63.5 Å². The first kappa shape index (κ1) is 23.2. The largest absolute Gasteiger partial charge is 0.357 e. The molecule has 1 aliphatic heterocycles. The lowest BCUT2D eigenvalue weighted by Crippen LogP contribution is -2.49. The number of hydrogen-bond acceptors (Lipinski definition) is 5. The number of sulfonamides is 1. The maximum Gasteiger partial charge on any atom is 0.216 e. The lowest BCUT2D eigenvalue weighted by molar-refractivity contribution is 0.384. The zero-order valence-electron chi connectivity index (χ0n) is 17.6. The fraction of sp³-hybridized carbons (Fsp3) is 0.600. The number of pyridine rings is 1. The summed E-state index contributed by atoms with van der Waals surface area (Å²) in [5.74, 6) is 1.65. The SMILES string of the molecule is C=CCCCN(C)C(=NCCS(=O)(=O)N1CCN(c2ccccn2)CC1)NCC. The molecule has 1 aromatic rings. The van der Waals surface area contributed by atoms with Crippen molar-refractivity contribution in [2.45, 2.75) is 19.8 Å². The number of anilines is 1. The van der Waals surface area contributed by atoms with E-state index in [4.69, 9.17) is 0 Å². The highest BCUT2D eigenvalue weighted by molar-refractivity contribution is 7.89. The van der Waals surface area contributed by atoms with Crippen LogP contribution in [0.3, 0.4) is 0 Å². The van der Waals surface area contributed by atoms with Crippen LogP contribution in [0.25, 0.3) is 0 Å². The smallest absolute Gasteiger partial charge is 0.216 e. The molecule has 8 nitrogen and oxygen atoms in total. The van der Waals surface area contributed by atoms with Gasteiger partial charge < -0.3 is 15.1 Å². The molecule has 1 N–H and O–H groups in total. The van der Waals surface area contributed by atoms with E-state index in [1.54, 1.807) is 10.5 Å². The molecular formula is C20H34N6O2S. The molecule has 0 bridgehead atoms. The van der Waals surface area contributed by atoms with Crippen LogP contribution in [-0.2, 0) is 10.0 Å². The van der Waals surface area contributed by atoms with E-state index in [2.05, 4.69) is 26.8 Å². The lowest BCUT2D eigenvalue weighted by Gasteiger charge is -2.34. The van der Waals surface area contributed by atoms with Gasteiger partial charge in [-0.2, -0.15) is 4.31 Å². The van der Waals surface area contributed by atoms with E-state index in [1.807, 2.05) is 43.1 Å². The van der Waals surface area contributed by atoms with Gasteiger partial charge in [0.1, 0.15) is 5.82 Å². The van der Waals surface area contributed by atoms with Crippen LogP contribution in [0, 0.1) is 0 Å². The molecule has 1 aliphatic rings. The van der Waals surface area contributed by atoms with Crippen LogP contribution in [-0.4, -0.2) is 87.2 Å². The second-order valence-corrected chi connectivity index (χ2v) is 9.07. The molecule has 29 heavy (non-hydrogen) atoms. The van der Waals surface area contributed by atoms with Gasteiger partial charge in [-0.15, -0.1) is 6.58 Å². The van der Waals surface area contributed by atoms with E-state index in [0.29, 0.717) is 26.2 Å². The molecule has 0 unspecified atom stereocenters. The molecule has 2 heterocycles. The average Bonchev–Trinajstić information content (AvgIpc) is 2.74. The molecule has 162 valence electrons. The highest BCUT2D eigenvalue weighted by Gasteiger charge is 2.27. The molecule has 0 spiro atoms. The molecule has 0 saturated carbocycles. The van der Waals surface area contributed by atoms with Crippen LogP contribution >= 0.6 is 0 Å². The molecular weight excluding hydrogens is 388 g/mol. The van der Waals surface area contributed by atoms with Crippen LogP contribution in [0.4, 0.5) is 5.82 Å². The van der Waals surface area contributed by atoms with E-state index in [1.165, 1.54) is 0 Å². The first-order chi connectivity index (χ1) is 14.0. The van der Waals surface area contributed by atoms with Crippen molar-refractivity contribution < 1.29 is 8.42 Å². The summed E-state index contributed by atoms with van der Waals surface area (Å²) in [5, 5.41) is 3.23. The van der Waals surface area contributed by atoms with Crippen LogP contribution in [0.2, 0.25) is 0 Å². The van der Waals surface area contributed by atoms with E-state index >= 15 is 0 Å². The number of hydrogen-bond donors (Lipinski definition) is 1. The summed E-state index contributed by atoms with van der Waals surface area (Å²) < 4.78 is 27.0. The van der Waals surface area contributed by atoms with Crippen LogP contribution in [0.1, 0.15) is 19.8 Å². The zero-order chi connectivity index (χ0) is 21.1. The topological polar surface area (TPSA) is 81.1 Å². The summed E-state index contributed by atoms with van der Waals surface area (Å²) in [6.45, 7) is 9.83. The molecule has 9 heteroatoms. The number of guanidine groups is 1. The number of nitrogens with one attached hydrogen (secondary N) is 1. The highest BCUT2D eigenvalue weighted by Crippen LogP contribution is 2.14. The van der Waals surface area contributed by atoms with Gasteiger partial charge in [-0.1, -0.05) is 12.1 Å². The van der Waals surface area contributed by atoms with Crippen LogP contribution < -0.4 is 10.2 Å². The van der Waals surface area contributed by atoms with Crippen molar-refractivity contribution in [3.63, 3.8) is 0 Å². The Bertz CT molecular complexity index is 745. The molecule has 1 aromatic heterocycles. The van der Waals surface area contributed by atoms with Crippen LogP contribution in [0.15, 0.2) is 42.0 Å². The highest BCUT2D eigenvalue weighted by atomic mass is 32.2. The Kier molecular flexibility index (Phi) is 9.40. The zero-order valence-corrected chi connectivity index (χ0v) is 18.4. The Morgan fingerprint density at radius 3 is 2.72 bits per heavy atom. The normalized spacial score (nSPS) is 15.9. The van der Waals surface area contributed by atoms with Gasteiger partial charge in [-0.05, 0) is 31.9 Å². The number of unbranched alkanes of at least 4 members (excludes halogenated alkanes) is 1. The van der Waals surface area contributed by atoms with Crippen molar-refractivity contribution in [1.82, 2.24) is 19.5 Å². The van der Waals surface area contributed by atoms with Gasteiger partial charge in [-0.25, -0.2) is 13.4 Å². The van der Waals surface area contributed by atoms with Gasteiger partial charge in [-0.3, -0.25) is 4.99 Å². The second-order valence-electron chi connectivity index (χ2n) is 6.98. The first-order valence-corrected chi connectivity index (χ1v) is 11.8. The van der Waals surface area contributed by atoms with Gasteiger partial charge in [0.2, 0.25) is 10.0 Å². The van der Waals surface area contributed by atoms with Gasteiger partial charge >= 0.3 is 0 Å². The summed E-state index contributed by atoms with van der Waals surface area (Å²) in [6, 6.07) is 5.77. The van der Waals surface area contributed by atoms with Crippen molar-refractivity contribution in [1.29, 1.82) is 0 Å². The molecule has 2 rings (SSSR count). The summed E-state index contributed by atoms with van der Waals surface area (Å²) in [6.07, 6.45) is 5.59. The third kappa shape index (κ3) is 7.32. The van der Waals surface area contributed by atoms with Crippen molar-refractivity contribution in [3.8, 4) is 0 Å². The quantitative estimate of drug-likeness (QED) is 0.266. The third-order valence-corrected chi connectivity index (χ3v) is 6.66. The lowest BCUT2D eigenvalue weighted by atomic mass is 10.3. The van der Waals surface area contributed by atoms with Gasteiger partial charge in [0.05, 0.1) is 12.3 Å². The maximum absolute atomic E-state index is 12.7. The summed E-state index contributed by atoms with van der Waals surface area (Å²) in [7, 11) is -1.36. The van der Waals surface area contributed by atoms with E-state index in [-0.39, 0.29) is 12.3 Å². The first-order valence-electron chi connectivity index (χ1n) is 10.2. The molecule has 0 radical (unpaired) electrons. The van der Waals surface area contributed by atoms with E-state index in [9.17, 15) is 8.42 Å². The molecule has 0 aliphatic carbocycles. The average molecular weight is 423 g/mol. The van der Waals surface area contributed by atoms with E-state index in [0.717, 1.165) is 37.7 Å². The minimum absolute atomic E-state index is 0.0198. The van der Waals surface area contributed by atoms with Crippen molar-refractivity contribution in [3.05, 3.63) is 37.1 Å². The predicted molar refractivity (Wildman–Crippen MR) is 120 cm³/mol. The minimum atomic E-state index is -3.33. The number of aromatic nitrogens is 1. The summed E-state index contributed by atoms with van der Waals surface area (Å²) >= 11 is 0. The minimum Gasteiger partial charge on any atom is -0.357 e. The Hall–Kier alpha value is -2.13. The fourth-order valence-electron chi connectivity index (χ4n) is 3.18. The van der Waals surface area contributed by atoms with Crippen LogP contribution in [0.5, 0.6) is 0 Å². The maximum atomic E-state index is 12.7. The van der Waals surface area contributed by atoms with Gasteiger partial charge in [0, 0.05) is 52.5 Å². The molecule has 0 amide bonds. The third-order valence-electron chi connectivity index (χ3n) is 4.81. The van der Waals surface area contributed by atoms with Gasteiger partial charge in [0.25, 0.3) is 0 Å². The molecule has 1 fully saturated rings. The fourth-order valence-corrected chi connectivity index (χ4v) is 4.48. The summed E-state index contributed by atoms with van der Waals surface area (Å²) in [4.78, 5) is 13.0. The Morgan fingerprint density at radius 1 is 1.34 bits per heavy atom. The number of piperazine rings is 1. The standard InChI is InChI=1S/C20H34N6O2S/c1-4-6-9-13-24(3)20(21-5-2)23-12-18-29(27,28)26-16-14-25(15-17-26)19-10-7-8-11-22-19/h4,7-8,10-11H,1,5-6,9,12-18H2,2-3H3,(H,21,23). The number of allylic oxidation sites excluding steroid dienone is 1. The number of nitrogens with zero attached hydrogens (tertiary/aromatic N) is 5.